The molecule has 9 aromatic carbocycles. The lowest BCUT2D eigenvalue weighted by molar-refractivity contribution is 0.660. The fourth-order valence-corrected chi connectivity index (χ4v) is 10.6. The van der Waals surface area contributed by atoms with Gasteiger partial charge in [-0.2, -0.15) is 0 Å². The standard InChI is InChI=1S/C61H42N4/c1-61(2)51-24-12-9-20-46(51)47-34-30-42(37-52(47)61)60-62-53(39-16-5-3-6-17-39)38-54(63-60)40-28-32-44(33-29-40)65-56-26-14-11-22-49(56)59-45(23-15-27-58(59)65)41-31-35-57-50(36-41)48-21-10-13-25-55(48)64(57)43-18-7-4-8-19-43/h3-38H,1-2H3. The highest BCUT2D eigenvalue weighted by molar-refractivity contribution is 6.17. The molecular formula is C61H42N4. The molecule has 0 N–H and O–H groups in total. The molecular weight excluding hydrogens is 789 g/mol. The van der Waals surface area contributed by atoms with Crippen molar-refractivity contribution in [2.24, 2.45) is 0 Å². The summed E-state index contributed by atoms with van der Waals surface area (Å²) in [7, 11) is 0. The fourth-order valence-electron chi connectivity index (χ4n) is 10.6. The minimum Gasteiger partial charge on any atom is -0.309 e. The molecule has 3 heterocycles. The van der Waals surface area contributed by atoms with Gasteiger partial charge in [0, 0.05) is 55.0 Å². The summed E-state index contributed by atoms with van der Waals surface area (Å²) in [6.07, 6.45) is 0. The molecule has 306 valence electrons. The van der Waals surface area contributed by atoms with E-state index in [2.05, 4.69) is 235 Å². The zero-order valence-electron chi connectivity index (χ0n) is 36.1. The van der Waals surface area contributed by atoms with Gasteiger partial charge in [0.1, 0.15) is 0 Å². The SMILES string of the molecule is CC1(C)c2ccccc2-c2ccc(-c3nc(-c4ccccc4)cc(-c4ccc(-n5c6ccccc6c6c(-c7ccc8c(c7)c7ccccc7n8-c7ccccc7)cccc65)cc4)n3)cc21. The highest BCUT2D eigenvalue weighted by Gasteiger charge is 2.35. The van der Waals surface area contributed by atoms with Crippen molar-refractivity contribution in [3.05, 3.63) is 230 Å². The lowest BCUT2D eigenvalue weighted by Gasteiger charge is -2.21. The van der Waals surface area contributed by atoms with Gasteiger partial charge in [-0.25, -0.2) is 9.97 Å². The van der Waals surface area contributed by atoms with E-state index >= 15 is 0 Å². The van der Waals surface area contributed by atoms with E-state index in [0.717, 1.165) is 45.3 Å². The van der Waals surface area contributed by atoms with E-state index < -0.39 is 0 Å². The number of hydrogen-bond donors (Lipinski definition) is 0. The van der Waals surface area contributed by atoms with Gasteiger partial charge in [0.05, 0.1) is 33.5 Å². The van der Waals surface area contributed by atoms with Crippen LogP contribution in [-0.2, 0) is 5.41 Å². The Morgan fingerprint density at radius 3 is 1.66 bits per heavy atom. The molecule has 0 spiro atoms. The molecule has 4 heteroatoms. The molecule has 0 amide bonds. The number of benzene rings is 9. The van der Waals surface area contributed by atoms with Gasteiger partial charge in [-0.15, -0.1) is 0 Å². The average molecular weight is 831 g/mol. The molecule has 0 saturated carbocycles. The van der Waals surface area contributed by atoms with Gasteiger partial charge in [-0.05, 0) is 100 Å². The zero-order valence-corrected chi connectivity index (χ0v) is 36.1. The van der Waals surface area contributed by atoms with Gasteiger partial charge in [0.15, 0.2) is 5.82 Å². The summed E-state index contributed by atoms with van der Waals surface area (Å²) in [4.78, 5) is 10.5. The van der Waals surface area contributed by atoms with Crippen LogP contribution >= 0.6 is 0 Å². The van der Waals surface area contributed by atoms with Gasteiger partial charge in [0.2, 0.25) is 0 Å². The summed E-state index contributed by atoms with van der Waals surface area (Å²) in [5, 5.41) is 4.96. The van der Waals surface area contributed by atoms with Crippen molar-refractivity contribution in [1.82, 2.24) is 19.1 Å². The predicted molar refractivity (Wildman–Crippen MR) is 270 cm³/mol. The molecule has 65 heavy (non-hydrogen) atoms. The van der Waals surface area contributed by atoms with Crippen LogP contribution < -0.4 is 0 Å². The Kier molecular flexibility index (Phi) is 8.22. The molecule has 1 aliphatic carbocycles. The van der Waals surface area contributed by atoms with Crippen LogP contribution in [0.5, 0.6) is 0 Å². The second-order valence-electron chi connectivity index (χ2n) is 17.8. The van der Waals surface area contributed by atoms with Crippen molar-refractivity contribution in [2.45, 2.75) is 19.3 Å². The first-order chi connectivity index (χ1) is 32.0. The lowest BCUT2D eigenvalue weighted by Crippen LogP contribution is -2.15. The van der Waals surface area contributed by atoms with Crippen LogP contribution in [0, 0.1) is 0 Å². The van der Waals surface area contributed by atoms with Crippen LogP contribution in [0.3, 0.4) is 0 Å². The molecule has 0 saturated heterocycles. The molecule has 1 aliphatic rings. The second kappa shape index (κ2) is 14.3. The number of para-hydroxylation sites is 3. The van der Waals surface area contributed by atoms with Gasteiger partial charge in [-0.1, -0.05) is 166 Å². The van der Waals surface area contributed by atoms with Crippen molar-refractivity contribution in [3.8, 4) is 67.5 Å². The van der Waals surface area contributed by atoms with Crippen LogP contribution in [0.1, 0.15) is 25.0 Å². The van der Waals surface area contributed by atoms with Crippen LogP contribution in [0.25, 0.3) is 111 Å². The van der Waals surface area contributed by atoms with Crippen molar-refractivity contribution >= 4 is 43.6 Å². The van der Waals surface area contributed by atoms with Gasteiger partial charge >= 0.3 is 0 Å². The highest BCUT2D eigenvalue weighted by atomic mass is 15.0. The summed E-state index contributed by atoms with van der Waals surface area (Å²) in [5.74, 6) is 0.720. The Balaban J connectivity index is 0.925. The van der Waals surface area contributed by atoms with E-state index in [-0.39, 0.29) is 5.41 Å². The topological polar surface area (TPSA) is 35.6 Å². The maximum absolute atomic E-state index is 5.30. The monoisotopic (exact) mass is 830 g/mol. The first-order valence-electron chi connectivity index (χ1n) is 22.4. The molecule has 4 nitrogen and oxygen atoms in total. The third-order valence-corrected chi connectivity index (χ3v) is 13.8. The number of rotatable bonds is 6. The number of aromatic nitrogens is 4. The Morgan fingerprint density at radius 2 is 0.877 bits per heavy atom. The molecule has 0 unspecified atom stereocenters. The summed E-state index contributed by atoms with van der Waals surface area (Å²) >= 11 is 0. The Labute approximate surface area is 377 Å². The largest absolute Gasteiger partial charge is 0.309 e. The Bertz CT molecular complexity index is 3840. The minimum atomic E-state index is -0.122. The number of fused-ring (bicyclic) bond motifs is 9. The average Bonchev–Trinajstić information content (AvgIpc) is 3.97. The summed E-state index contributed by atoms with van der Waals surface area (Å²) in [6.45, 7) is 4.64. The Morgan fingerprint density at radius 1 is 0.338 bits per heavy atom. The smallest absolute Gasteiger partial charge is 0.160 e. The third-order valence-electron chi connectivity index (χ3n) is 13.8. The molecule has 0 aliphatic heterocycles. The summed E-state index contributed by atoms with van der Waals surface area (Å²) in [6, 6.07) is 78.9. The van der Waals surface area contributed by atoms with E-state index in [4.69, 9.17) is 9.97 Å². The fraction of sp³-hybridized carbons (Fsp3) is 0.0492. The summed E-state index contributed by atoms with van der Waals surface area (Å²) < 4.78 is 4.78. The number of nitrogens with zero attached hydrogens (tertiary/aromatic N) is 4. The molecule has 0 atom stereocenters. The normalized spacial score (nSPS) is 12.9. The van der Waals surface area contributed by atoms with Crippen LogP contribution in [0.15, 0.2) is 218 Å². The minimum absolute atomic E-state index is 0.122. The quantitative estimate of drug-likeness (QED) is 0.167. The summed E-state index contributed by atoms with van der Waals surface area (Å²) in [5.41, 5.74) is 19.4. The van der Waals surface area contributed by atoms with Crippen molar-refractivity contribution < 1.29 is 0 Å². The van der Waals surface area contributed by atoms with Gasteiger partial charge in [-0.3, -0.25) is 0 Å². The third kappa shape index (κ3) is 5.77. The molecule has 13 rings (SSSR count). The van der Waals surface area contributed by atoms with Crippen LogP contribution in [-0.4, -0.2) is 19.1 Å². The molecule has 12 aromatic rings. The lowest BCUT2D eigenvalue weighted by atomic mass is 9.82. The Hall–Kier alpha value is -8.34. The van der Waals surface area contributed by atoms with E-state index in [9.17, 15) is 0 Å². The zero-order chi connectivity index (χ0) is 43.2. The van der Waals surface area contributed by atoms with Crippen molar-refractivity contribution in [2.75, 3.05) is 0 Å². The predicted octanol–water partition coefficient (Wildman–Crippen LogP) is 15.6. The second-order valence-corrected chi connectivity index (χ2v) is 17.8. The molecule has 0 fully saturated rings. The molecule has 3 aromatic heterocycles. The van der Waals surface area contributed by atoms with Gasteiger partial charge in [0.25, 0.3) is 0 Å². The maximum Gasteiger partial charge on any atom is 0.160 e. The van der Waals surface area contributed by atoms with Crippen molar-refractivity contribution in [3.63, 3.8) is 0 Å². The first-order valence-corrected chi connectivity index (χ1v) is 22.4. The van der Waals surface area contributed by atoms with E-state index in [1.54, 1.807) is 0 Å². The van der Waals surface area contributed by atoms with E-state index in [1.807, 2.05) is 6.07 Å². The van der Waals surface area contributed by atoms with E-state index in [0.29, 0.717) is 0 Å². The first kappa shape index (κ1) is 37.2. The van der Waals surface area contributed by atoms with Gasteiger partial charge < -0.3 is 9.13 Å². The van der Waals surface area contributed by atoms with Crippen molar-refractivity contribution in [1.29, 1.82) is 0 Å². The highest BCUT2D eigenvalue weighted by Crippen LogP contribution is 2.49. The van der Waals surface area contributed by atoms with Crippen LogP contribution in [0.4, 0.5) is 0 Å². The number of hydrogen-bond acceptors (Lipinski definition) is 2. The molecule has 0 radical (unpaired) electrons. The maximum atomic E-state index is 5.30. The van der Waals surface area contributed by atoms with E-state index in [1.165, 1.54) is 77.0 Å². The van der Waals surface area contributed by atoms with Crippen LogP contribution in [0.2, 0.25) is 0 Å². The molecule has 0 bridgehead atoms.